The molecule has 0 bridgehead atoms. The fourth-order valence-corrected chi connectivity index (χ4v) is 18.5. The largest absolute Gasteiger partial charge is 0.487 e. The van der Waals surface area contributed by atoms with Crippen LogP contribution in [0.2, 0.25) is 10.0 Å². The molecular formula is C82H85BrCl2F5N15O13. The van der Waals surface area contributed by atoms with Gasteiger partial charge in [0, 0.05) is 161 Å². The molecule has 3 aliphatic heterocycles. The third-order valence-corrected chi connectivity index (χ3v) is 24.5. The van der Waals surface area contributed by atoms with Gasteiger partial charge in [0.05, 0.1) is 52.0 Å². The molecule has 28 nitrogen and oxygen atoms in total. The van der Waals surface area contributed by atoms with Gasteiger partial charge in [-0.3, -0.25) is 0 Å². The predicted octanol–water partition coefficient (Wildman–Crippen LogP) is 8.25. The summed E-state index contributed by atoms with van der Waals surface area (Å²) in [6, 6.07) is 16.3. The maximum absolute atomic E-state index is 14.4. The maximum Gasteiger partial charge on any atom is 0.162 e. The number of aliphatic hydroxyl groups is 9. The summed E-state index contributed by atoms with van der Waals surface area (Å²) in [5, 5.41) is 108. The number of anilines is 3. The highest BCUT2D eigenvalue weighted by Gasteiger charge is 2.49. The topological polar surface area (TPSA) is 417 Å². The lowest BCUT2D eigenvalue weighted by molar-refractivity contribution is -0.0168. The third kappa shape index (κ3) is 15.6. The first-order valence-electron chi connectivity index (χ1n) is 38.5. The van der Waals surface area contributed by atoms with E-state index in [1.165, 1.54) is 47.4 Å². The van der Waals surface area contributed by atoms with E-state index in [0.29, 0.717) is 142 Å². The molecule has 4 aliphatic carbocycles. The number of pyridine rings is 3. The molecule has 4 saturated carbocycles. The Morgan fingerprint density at radius 1 is 0.475 bits per heavy atom. The minimum Gasteiger partial charge on any atom is -0.487 e. The number of fused-ring (bicyclic) bond motifs is 7. The second-order valence-corrected chi connectivity index (χ2v) is 32.2. The molecular weight excluding hydrogens is 1650 g/mol. The highest BCUT2D eigenvalue weighted by Crippen LogP contribution is 2.46. The lowest BCUT2D eigenvalue weighted by Gasteiger charge is -2.25. The Hall–Kier alpha value is -9.60. The number of ether oxygens (including phenoxy) is 4. The minimum absolute atomic E-state index is 0.163. The number of hydrogen-bond donors (Lipinski definition) is 15. The number of aryl methyl sites for hydroxylation is 1. The van der Waals surface area contributed by atoms with Crippen molar-refractivity contribution >= 4 is 100 Å². The number of nitrogens with one attached hydrogen (secondary N) is 3. The van der Waals surface area contributed by atoms with Crippen LogP contribution >= 0.6 is 39.1 Å². The average Bonchev–Trinajstić information content (AvgIpc) is 1.61. The van der Waals surface area contributed by atoms with Crippen LogP contribution in [0.15, 0.2) is 127 Å². The van der Waals surface area contributed by atoms with Gasteiger partial charge in [0.25, 0.3) is 0 Å². The van der Waals surface area contributed by atoms with Crippen molar-refractivity contribution in [1.82, 2.24) is 59.1 Å². The molecule has 4 fully saturated rings. The van der Waals surface area contributed by atoms with Crippen LogP contribution in [-0.2, 0) is 45.5 Å². The van der Waals surface area contributed by atoms with E-state index in [2.05, 4.69) is 56.8 Å². The zero-order valence-corrected chi connectivity index (χ0v) is 66.2. The minimum atomic E-state index is -1.25. The highest BCUT2D eigenvalue weighted by atomic mass is 79.9. The Morgan fingerprint density at radius 3 is 1.59 bits per heavy atom. The van der Waals surface area contributed by atoms with Gasteiger partial charge in [0.2, 0.25) is 0 Å². The number of rotatable bonds is 13. The van der Waals surface area contributed by atoms with Crippen molar-refractivity contribution in [2.75, 3.05) is 36.8 Å². The van der Waals surface area contributed by atoms with E-state index in [4.69, 9.17) is 59.4 Å². The molecule has 0 amide bonds. The first-order valence-corrected chi connectivity index (χ1v) is 40.0. The molecule has 8 aromatic heterocycles. The van der Waals surface area contributed by atoms with E-state index in [1.807, 2.05) is 22.9 Å². The summed E-state index contributed by atoms with van der Waals surface area (Å²) in [6.07, 6.45) is 3.71. The van der Waals surface area contributed by atoms with E-state index >= 15 is 0 Å². The number of aromatic nitrogens is 9. The number of nitrogens with zero attached hydrogens (tertiary/aromatic N) is 9. The van der Waals surface area contributed by atoms with Crippen LogP contribution in [0.3, 0.4) is 0 Å². The second kappa shape index (κ2) is 33.9. The Kier molecular flexibility index (Phi) is 23.6. The summed E-state index contributed by atoms with van der Waals surface area (Å²) < 4.78 is 102. The van der Waals surface area contributed by atoms with Crippen molar-refractivity contribution in [3.8, 4) is 23.0 Å². The summed E-state index contributed by atoms with van der Waals surface area (Å²) in [5.41, 5.74) is 26.5. The molecule has 622 valence electrons. The van der Waals surface area contributed by atoms with Crippen molar-refractivity contribution < 1.29 is 86.9 Å². The number of hydrogen-bond acceptors (Lipinski definition) is 24. The molecule has 18 N–H and O–H groups in total. The van der Waals surface area contributed by atoms with Crippen LogP contribution < -0.4 is 52.1 Å². The standard InChI is InChI=1S/C21H22BrClN4O3.C21H21ClF2N4O3.C21H22F2N4O3.C19H20FN3O4/c22-13-9-27(21-18(13)14(24)2-4-26-21)15-7-17(20(29)19(15)28)30-16-6-11(23)5-10-1-3-25-8-12(10)16;22-11-8-28(21-17(11)13(25)2-4-27-21)14-6-16(20(30)19(14)29)31-15-5-12(23)18(24)9-1-3-26-7-10(9)15;1-10-25-8-13-15(23)9-27(21(13)26-10)16-6-18(20(29)19(16)28)30-17-3-2-14(22)11-4-5-24-7-12(11)17;20-11-1-2-15(10(7-11)9-24)27-16-8-14(17(25)18(16)26)23-6-4-12-13(21)3-5-22-19(12)23/h2,4-6,9,15,17,19-20,25,28-29H,1,3,7-8H2,(H2,24,26);2,4-5,8,14,16,19-20,26,29-30H,1,3,6-7H2,(H2,25,27);2-3,8-9,16,18-20,24,28-29H,4-7H2,1H3;1-7,14,16-18,24-26H,8-9H2,(H2,21,22)/t15?,17?,19-,20+;14?,16?,19-,20+;16?,18?,19-,20+;14?,16?,17-,18+/m0000/s1. The maximum atomic E-state index is 14.4. The third-order valence-electron chi connectivity index (χ3n) is 23.4. The SMILES string of the molecule is Cc1ncc2c(F)cn(C3CC(Oc4ccc(F)c5c4CNCC5)[C@@H](O)[C@H]3O)c2n1.Nc1ccnc2c1c(Br)cn2C1CC(Oc2cc(Cl)cc3c2CNCC3)[C@@H](O)[C@H]1O.Nc1ccnc2c1c(Cl)cn2C1CC(Oc2cc(F)c(F)c3c2CNCC3)[C@@H](O)[C@H]1O.Nc1ccnc2c1ccn2C1CC(Oc2ccc(F)cc2CO)[C@@H](O)[C@H]1O. The van der Waals surface area contributed by atoms with Gasteiger partial charge in [-0.05, 0) is 140 Å². The predicted molar refractivity (Wildman–Crippen MR) is 430 cm³/mol. The number of benzene rings is 4. The van der Waals surface area contributed by atoms with Crippen LogP contribution in [-0.4, -0.2) is 182 Å². The Morgan fingerprint density at radius 2 is 0.975 bits per heavy atom. The summed E-state index contributed by atoms with van der Waals surface area (Å²) in [4.78, 5) is 21.4. The van der Waals surface area contributed by atoms with E-state index in [-0.39, 0.29) is 46.7 Å². The summed E-state index contributed by atoms with van der Waals surface area (Å²) in [5.74, 6) is -1.06. The molecule has 4 aromatic carbocycles. The van der Waals surface area contributed by atoms with Crippen LogP contribution in [0, 0.1) is 36.0 Å². The van der Waals surface area contributed by atoms with E-state index in [1.54, 1.807) is 71.2 Å². The van der Waals surface area contributed by atoms with E-state index in [0.717, 1.165) is 51.0 Å². The molecule has 8 unspecified atom stereocenters. The molecule has 16 atom stereocenters. The lowest BCUT2D eigenvalue weighted by atomic mass is 9.99. The normalized spacial score (nSPS) is 25.8. The van der Waals surface area contributed by atoms with Gasteiger partial charge in [-0.15, -0.1) is 0 Å². The van der Waals surface area contributed by atoms with Gasteiger partial charge in [0.15, 0.2) is 17.5 Å². The zero-order chi connectivity index (χ0) is 83.0. The van der Waals surface area contributed by atoms with Gasteiger partial charge in [-0.2, -0.15) is 0 Å². The fraction of sp³-hybridized carbons (Fsp3) is 0.378. The smallest absolute Gasteiger partial charge is 0.162 e. The first-order chi connectivity index (χ1) is 56.7. The lowest BCUT2D eigenvalue weighted by Crippen LogP contribution is -2.35. The first kappa shape index (κ1) is 82.1. The van der Waals surface area contributed by atoms with Crippen LogP contribution in [0.5, 0.6) is 23.0 Å². The fourth-order valence-electron chi connectivity index (χ4n) is 17.3. The highest BCUT2D eigenvalue weighted by molar-refractivity contribution is 9.10. The van der Waals surface area contributed by atoms with Crippen LogP contribution in [0.4, 0.5) is 39.0 Å². The van der Waals surface area contributed by atoms with E-state index in [9.17, 15) is 67.9 Å². The number of aliphatic hydroxyl groups excluding tert-OH is 9. The van der Waals surface area contributed by atoms with Crippen molar-refractivity contribution in [2.24, 2.45) is 0 Å². The van der Waals surface area contributed by atoms with Crippen molar-refractivity contribution in [3.63, 3.8) is 0 Å². The molecule has 0 radical (unpaired) electrons. The Labute approximate surface area is 688 Å². The zero-order valence-electron chi connectivity index (χ0n) is 63.1. The van der Waals surface area contributed by atoms with Crippen LogP contribution in [0.1, 0.15) is 94.6 Å². The molecule has 118 heavy (non-hydrogen) atoms. The molecule has 36 heteroatoms. The molecule has 12 aromatic rings. The van der Waals surface area contributed by atoms with Crippen molar-refractivity contribution in [1.29, 1.82) is 0 Å². The Bertz CT molecular complexity index is 5770. The van der Waals surface area contributed by atoms with Crippen molar-refractivity contribution in [2.45, 2.75) is 176 Å². The Balaban J connectivity index is 0.000000118. The molecule has 11 heterocycles. The van der Waals surface area contributed by atoms with E-state index < -0.39 is 127 Å². The summed E-state index contributed by atoms with van der Waals surface area (Å²) in [7, 11) is 0. The van der Waals surface area contributed by atoms with Gasteiger partial charge >= 0.3 is 0 Å². The average molecular weight is 1730 g/mol. The summed E-state index contributed by atoms with van der Waals surface area (Å²) >= 11 is 16.2. The molecule has 19 rings (SSSR count). The van der Waals surface area contributed by atoms with Gasteiger partial charge in [-0.25, -0.2) is 46.9 Å². The second-order valence-electron chi connectivity index (χ2n) is 30.5. The number of nitrogen functional groups attached to an aromatic ring is 3. The summed E-state index contributed by atoms with van der Waals surface area (Å²) in [6.45, 7) is 4.92. The van der Waals surface area contributed by atoms with Gasteiger partial charge in [0.1, 0.15) is 136 Å². The van der Waals surface area contributed by atoms with Crippen LogP contribution in [0.25, 0.3) is 44.1 Å². The van der Waals surface area contributed by atoms with Crippen molar-refractivity contribution in [3.05, 3.63) is 211 Å². The quantitative estimate of drug-likeness (QED) is 0.0483. The van der Waals surface area contributed by atoms with Gasteiger partial charge < -0.3 is 116 Å². The number of nitrogens with two attached hydrogens (primary N) is 3. The molecule has 0 spiro atoms. The molecule has 7 aliphatic rings. The van der Waals surface area contributed by atoms with Gasteiger partial charge in [-0.1, -0.05) is 23.2 Å². The number of halogens is 8. The monoisotopic (exact) mass is 1730 g/mol. The molecule has 0 saturated heterocycles.